The predicted octanol–water partition coefficient (Wildman–Crippen LogP) is 3.08. The number of rotatable bonds is 2. The maximum Gasteiger partial charge on any atom is 0.356 e. The minimum atomic E-state index is -0.503. The van der Waals surface area contributed by atoms with Crippen molar-refractivity contribution >= 4 is 22.6 Å². The van der Waals surface area contributed by atoms with Gasteiger partial charge in [0.1, 0.15) is 0 Å². The third kappa shape index (κ3) is 2.38. The lowest BCUT2D eigenvalue weighted by molar-refractivity contribution is 0.0590. The summed E-state index contributed by atoms with van der Waals surface area (Å²) >= 11 is 0. The SMILES string of the molecule is COC(=O)c1cc(-c2ccc3c(c2)OCO3)nc2c3c(C)cc(C)nc3nn12. The van der Waals surface area contributed by atoms with Crippen molar-refractivity contribution in [3.63, 3.8) is 0 Å². The molecule has 0 atom stereocenters. The van der Waals surface area contributed by atoms with Crippen molar-refractivity contribution in [2.75, 3.05) is 13.9 Å². The number of nitrogens with zero attached hydrogens (tertiary/aromatic N) is 4. The van der Waals surface area contributed by atoms with Crippen LogP contribution in [-0.4, -0.2) is 39.5 Å². The summed E-state index contributed by atoms with van der Waals surface area (Å²) in [6.45, 7) is 4.07. The molecule has 3 aromatic heterocycles. The van der Waals surface area contributed by atoms with E-state index in [1.807, 2.05) is 38.1 Å². The molecule has 5 rings (SSSR count). The zero-order chi connectivity index (χ0) is 19.4. The van der Waals surface area contributed by atoms with Crippen LogP contribution < -0.4 is 9.47 Å². The van der Waals surface area contributed by atoms with Crippen molar-refractivity contribution in [2.24, 2.45) is 0 Å². The molecule has 0 bridgehead atoms. The highest BCUT2D eigenvalue weighted by molar-refractivity contribution is 5.97. The van der Waals surface area contributed by atoms with Crippen molar-refractivity contribution in [3.8, 4) is 22.8 Å². The molecule has 0 fully saturated rings. The fourth-order valence-electron chi connectivity index (χ4n) is 3.48. The Kier molecular flexibility index (Phi) is 3.48. The number of methoxy groups -OCH3 is 1. The van der Waals surface area contributed by atoms with E-state index >= 15 is 0 Å². The number of hydrogen-bond donors (Lipinski definition) is 0. The molecule has 140 valence electrons. The van der Waals surface area contributed by atoms with Crippen LogP contribution in [0.3, 0.4) is 0 Å². The molecule has 1 aromatic carbocycles. The van der Waals surface area contributed by atoms with E-state index in [0.29, 0.717) is 28.5 Å². The second-order valence-electron chi connectivity index (χ2n) is 6.60. The fourth-order valence-corrected chi connectivity index (χ4v) is 3.48. The molecule has 0 saturated heterocycles. The quantitative estimate of drug-likeness (QED) is 0.497. The van der Waals surface area contributed by atoms with Crippen LogP contribution in [0, 0.1) is 13.8 Å². The van der Waals surface area contributed by atoms with Crippen LogP contribution in [0.4, 0.5) is 0 Å². The van der Waals surface area contributed by atoms with Crippen molar-refractivity contribution in [3.05, 3.63) is 47.3 Å². The Balaban J connectivity index is 1.83. The van der Waals surface area contributed by atoms with E-state index in [0.717, 1.165) is 22.2 Å². The number of esters is 1. The maximum atomic E-state index is 12.5. The van der Waals surface area contributed by atoms with Gasteiger partial charge >= 0.3 is 5.97 Å². The van der Waals surface area contributed by atoms with Crippen LogP contribution in [0.2, 0.25) is 0 Å². The molecule has 0 unspecified atom stereocenters. The third-order valence-electron chi connectivity index (χ3n) is 4.74. The first-order valence-corrected chi connectivity index (χ1v) is 8.71. The van der Waals surface area contributed by atoms with Gasteiger partial charge < -0.3 is 14.2 Å². The summed E-state index contributed by atoms with van der Waals surface area (Å²) in [5.74, 6) is 0.825. The Morgan fingerprint density at radius 2 is 1.93 bits per heavy atom. The summed E-state index contributed by atoms with van der Waals surface area (Å²) in [4.78, 5) is 21.7. The molecule has 8 heteroatoms. The second kappa shape index (κ2) is 5.91. The van der Waals surface area contributed by atoms with Gasteiger partial charge in [-0.3, -0.25) is 0 Å². The van der Waals surface area contributed by atoms with Crippen molar-refractivity contribution in [1.82, 2.24) is 19.6 Å². The van der Waals surface area contributed by atoms with Crippen LogP contribution in [0.5, 0.6) is 11.5 Å². The van der Waals surface area contributed by atoms with Crippen LogP contribution in [-0.2, 0) is 4.74 Å². The zero-order valence-corrected chi connectivity index (χ0v) is 15.5. The minimum Gasteiger partial charge on any atom is -0.464 e. The van der Waals surface area contributed by atoms with Gasteiger partial charge in [-0.15, -0.1) is 5.10 Å². The molecule has 8 nitrogen and oxygen atoms in total. The Labute approximate surface area is 159 Å². The molecule has 0 aliphatic carbocycles. The molecular weight excluding hydrogens is 360 g/mol. The van der Waals surface area contributed by atoms with Crippen molar-refractivity contribution in [2.45, 2.75) is 13.8 Å². The predicted molar refractivity (Wildman–Crippen MR) is 101 cm³/mol. The van der Waals surface area contributed by atoms with Crippen LogP contribution in [0.15, 0.2) is 30.3 Å². The smallest absolute Gasteiger partial charge is 0.356 e. The minimum absolute atomic E-state index is 0.191. The normalized spacial score (nSPS) is 12.7. The highest BCUT2D eigenvalue weighted by Crippen LogP contribution is 2.36. The van der Waals surface area contributed by atoms with E-state index in [1.54, 1.807) is 6.07 Å². The summed E-state index contributed by atoms with van der Waals surface area (Å²) in [6.07, 6.45) is 0. The van der Waals surface area contributed by atoms with Gasteiger partial charge in [-0.05, 0) is 49.7 Å². The highest BCUT2D eigenvalue weighted by atomic mass is 16.7. The number of ether oxygens (including phenoxy) is 3. The Morgan fingerprint density at radius 3 is 2.75 bits per heavy atom. The first kappa shape index (κ1) is 16.5. The molecule has 1 aliphatic heterocycles. The van der Waals surface area contributed by atoms with E-state index < -0.39 is 5.97 Å². The lowest BCUT2D eigenvalue weighted by atomic mass is 10.1. The van der Waals surface area contributed by atoms with Crippen LogP contribution in [0.25, 0.3) is 27.9 Å². The van der Waals surface area contributed by atoms with Gasteiger partial charge in [-0.25, -0.2) is 19.3 Å². The van der Waals surface area contributed by atoms with E-state index in [9.17, 15) is 4.79 Å². The lowest BCUT2D eigenvalue weighted by Gasteiger charge is -2.08. The zero-order valence-electron chi connectivity index (χ0n) is 15.5. The average molecular weight is 376 g/mol. The topological polar surface area (TPSA) is 87.8 Å². The molecule has 0 N–H and O–H groups in total. The number of aryl methyl sites for hydroxylation is 2. The lowest BCUT2D eigenvalue weighted by Crippen LogP contribution is -2.10. The first-order chi connectivity index (χ1) is 13.5. The monoisotopic (exact) mass is 376 g/mol. The number of carbonyl (C=O) groups excluding carboxylic acids is 1. The van der Waals surface area contributed by atoms with Crippen molar-refractivity contribution < 1.29 is 19.0 Å². The number of aromatic nitrogens is 4. The number of hydrogen-bond acceptors (Lipinski definition) is 7. The van der Waals surface area contributed by atoms with Gasteiger partial charge in [0.2, 0.25) is 6.79 Å². The molecular formula is C20H16N4O4. The molecule has 0 radical (unpaired) electrons. The van der Waals surface area contributed by atoms with Gasteiger partial charge in [0, 0.05) is 11.3 Å². The van der Waals surface area contributed by atoms with E-state index in [4.69, 9.17) is 19.2 Å². The van der Waals surface area contributed by atoms with Gasteiger partial charge in [0.15, 0.2) is 28.5 Å². The van der Waals surface area contributed by atoms with Gasteiger partial charge in [-0.2, -0.15) is 0 Å². The Morgan fingerprint density at radius 1 is 1.11 bits per heavy atom. The summed E-state index contributed by atoms with van der Waals surface area (Å²) in [5, 5.41) is 5.30. The molecule has 4 aromatic rings. The average Bonchev–Trinajstić information content (AvgIpc) is 3.29. The van der Waals surface area contributed by atoms with E-state index in [2.05, 4.69) is 10.1 Å². The molecule has 0 spiro atoms. The largest absolute Gasteiger partial charge is 0.464 e. The summed E-state index contributed by atoms with van der Waals surface area (Å²) < 4.78 is 17.3. The van der Waals surface area contributed by atoms with Gasteiger partial charge in [0.05, 0.1) is 18.2 Å². The standard InChI is InChI=1S/C20H16N4O4/c1-10-6-11(2)21-18-17(10)19-22-13(8-14(20(25)26-3)24(19)23-18)12-4-5-15-16(7-12)28-9-27-15/h4-8H,9H2,1-3H3. The van der Waals surface area contributed by atoms with Gasteiger partial charge in [-0.1, -0.05) is 0 Å². The number of pyridine rings is 1. The molecule has 28 heavy (non-hydrogen) atoms. The summed E-state index contributed by atoms with van der Waals surface area (Å²) in [5.41, 5.74) is 4.60. The Bertz CT molecular complexity index is 1280. The Hall–Kier alpha value is -3.68. The van der Waals surface area contributed by atoms with Crippen LogP contribution >= 0.6 is 0 Å². The molecule has 0 amide bonds. The third-order valence-corrected chi connectivity index (χ3v) is 4.74. The summed E-state index contributed by atoms with van der Waals surface area (Å²) in [7, 11) is 1.34. The fraction of sp³-hybridized carbons (Fsp3) is 0.200. The van der Waals surface area contributed by atoms with E-state index in [1.165, 1.54) is 11.6 Å². The first-order valence-electron chi connectivity index (χ1n) is 8.71. The van der Waals surface area contributed by atoms with Crippen LogP contribution in [0.1, 0.15) is 21.7 Å². The second-order valence-corrected chi connectivity index (χ2v) is 6.60. The number of carbonyl (C=O) groups is 1. The highest BCUT2D eigenvalue weighted by Gasteiger charge is 2.21. The summed E-state index contributed by atoms with van der Waals surface area (Å²) in [6, 6.07) is 9.17. The van der Waals surface area contributed by atoms with Crippen molar-refractivity contribution in [1.29, 1.82) is 0 Å². The maximum absolute atomic E-state index is 12.5. The van der Waals surface area contributed by atoms with Gasteiger partial charge in [0.25, 0.3) is 0 Å². The van der Waals surface area contributed by atoms with E-state index in [-0.39, 0.29) is 12.5 Å². The number of benzene rings is 1. The molecule has 1 aliphatic rings. The molecule has 4 heterocycles. The molecule has 0 saturated carbocycles. The number of fused-ring (bicyclic) bond motifs is 4.